The normalized spacial score (nSPS) is 10.5. The Labute approximate surface area is 129 Å². The second kappa shape index (κ2) is 7.22. The lowest BCUT2D eigenvalue weighted by molar-refractivity contribution is -0.111. The molecule has 0 aliphatic rings. The van der Waals surface area contributed by atoms with Gasteiger partial charge in [0, 0.05) is 6.08 Å². The third-order valence-electron chi connectivity index (χ3n) is 3.06. The van der Waals surface area contributed by atoms with Gasteiger partial charge in [-0.25, -0.2) is 4.79 Å². The molecule has 0 saturated carbocycles. The van der Waals surface area contributed by atoms with Crippen LogP contribution >= 0.6 is 0 Å². The average Bonchev–Trinajstić information content (AvgIpc) is 2.53. The summed E-state index contributed by atoms with van der Waals surface area (Å²) in [6, 6.07) is 14.5. The number of rotatable bonds is 4. The van der Waals surface area contributed by atoms with Crippen LogP contribution in [0.1, 0.15) is 21.5 Å². The molecule has 0 unspecified atom stereocenters. The molecule has 1 N–H and O–H groups in total. The lowest BCUT2D eigenvalue weighted by atomic mass is 10.1. The molecule has 0 fully saturated rings. The fourth-order valence-corrected chi connectivity index (χ4v) is 2.00. The third kappa shape index (κ3) is 4.06. The summed E-state index contributed by atoms with van der Waals surface area (Å²) in [7, 11) is 1.30. The number of aryl methyl sites for hydroxylation is 1. The Balaban J connectivity index is 2.11. The van der Waals surface area contributed by atoms with Crippen molar-refractivity contribution in [3.8, 4) is 0 Å². The number of nitrogens with one attached hydrogen (secondary N) is 1. The molecule has 2 aromatic rings. The summed E-state index contributed by atoms with van der Waals surface area (Å²) in [5, 5.41) is 2.68. The standard InChI is InChI=1S/C18H17NO3/c1-13-6-5-7-14(12-13)10-11-17(20)19-16-9-4-3-8-15(16)18(21)22-2/h3-12H,1-2H3,(H,19,20)/b11-10+. The Morgan fingerprint density at radius 1 is 1.09 bits per heavy atom. The van der Waals surface area contributed by atoms with Crippen molar-refractivity contribution in [1.29, 1.82) is 0 Å². The van der Waals surface area contributed by atoms with Crippen molar-refractivity contribution in [2.75, 3.05) is 12.4 Å². The van der Waals surface area contributed by atoms with Crippen LogP contribution in [0.5, 0.6) is 0 Å². The highest BCUT2D eigenvalue weighted by Crippen LogP contribution is 2.16. The predicted molar refractivity (Wildman–Crippen MR) is 86.6 cm³/mol. The van der Waals surface area contributed by atoms with Crippen LogP contribution in [-0.4, -0.2) is 19.0 Å². The van der Waals surface area contributed by atoms with Gasteiger partial charge in [0.05, 0.1) is 18.4 Å². The zero-order valence-electron chi connectivity index (χ0n) is 12.5. The van der Waals surface area contributed by atoms with Crippen molar-refractivity contribution in [2.45, 2.75) is 6.92 Å². The molecule has 2 aromatic carbocycles. The second-order valence-corrected chi connectivity index (χ2v) is 4.77. The quantitative estimate of drug-likeness (QED) is 0.694. The van der Waals surface area contributed by atoms with E-state index in [1.54, 1.807) is 30.3 Å². The van der Waals surface area contributed by atoms with E-state index >= 15 is 0 Å². The van der Waals surface area contributed by atoms with Crippen molar-refractivity contribution in [3.05, 3.63) is 71.3 Å². The SMILES string of the molecule is COC(=O)c1ccccc1NC(=O)/C=C/c1cccc(C)c1. The van der Waals surface area contributed by atoms with E-state index in [1.165, 1.54) is 13.2 Å². The summed E-state index contributed by atoms with van der Waals surface area (Å²) < 4.78 is 4.69. The number of ether oxygens (including phenoxy) is 1. The zero-order chi connectivity index (χ0) is 15.9. The number of anilines is 1. The van der Waals surface area contributed by atoms with Gasteiger partial charge in [0.2, 0.25) is 5.91 Å². The number of amides is 1. The maximum atomic E-state index is 12.0. The lowest BCUT2D eigenvalue weighted by Gasteiger charge is -2.07. The molecule has 4 nitrogen and oxygen atoms in total. The highest BCUT2D eigenvalue weighted by Gasteiger charge is 2.11. The largest absolute Gasteiger partial charge is 0.465 e. The lowest BCUT2D eigenvalue weighted by Crippen LogP contribution is -2.12. The number of benzene rings is 2. The summed E-state index contributed by atoms with van der Waals surface area (Å²) in [6.07, 6.45) is 3.16. The van der Waals surface area contributed by atoms with E-state index in [0.717, 1.165) is 11.1 Å². The Bertz CT molecular complexity index is 720. The van der Waals surface area contributed by atoms with E-state index in [4.69, 9.17) is 4.74 Å². The van der Waals surface area contributed by atoms with Crippen LogP contribution in [0.3, 0.4) is 0 Å². The number of hydrogen-bond donors (Lipinski definition) is 1. The van der Waals surface area contributed by atoms with Gasteiger partial charge < -0.3 is 10.1 Å². The van der Waals surface area contributed by atoms with Crippen LogP contribution in [-0.2, 0) is 9.53 Å². The van der Waals surface area contributed by atoms with Crippen LogP contribution < -0.4 is 5.32 Å². The molecule has 0 bridgehead atoms. The molecule has 0 heterocycles. The summed E-state index contributed by atoms with van der Waals surface area (Å²) >= 11 is 0. The minimum atomic E-state index is -0.487. The third-order valence-corrected chi connectivity index (χ3v) is 3.06. The van der Waals surface area contributed by atoms with Crippen LogP contribution in [0.4, 0.5) is 5.69 Å². The first-order chi connectivity index (χ1) is 10.6. The van der Waals surface area contributed by atoms with Crippen LogP contribution in [0.25, 0.3) is 6.08 Å². The van der Waals surface area contributed by atoms with Gasteiger partial charge in [0.25, 0.3) is 0 Å². The smallest absolute Gasteiger partial charge is 0.339 e. The van der Waals surface area contributed by atoms with Gasteiger partial charge >= 0.3 is 5.97 Å². The van der Waals surface area contributed by atoms with Gasteiger partial charge in [0.1, 0.15) is 0 Å². The first-order valence-corrected chi connectivity index (χ1v) is 6.83. The number of carbonyl (C=O) groups excluding carboxylic acids is 2. The monoisotopic (exact) mass is 295 g/mol. The van der Waals surface area contributed by atoms with E-state index in [1.807, 2.05) is 31.2 Å². The molecule has 0 spiro atoms. The van der Waals surface area contributed by atoms with Crippen LogP contribution in [0.2, 0.25) is 0 Å². The van der Waals surface area contributed by atoms with E-state index in [9.17, 15) is 9.59 Å². The van der Waals surface area contributed by atoms with E-state index in [-0.39, 0.29) is 5.91 Å². The van der Waals surface area contributed by atoms with Gasteiger partial charge in [-0.05, 0) is 30.7 Å². The van der Waals surface area contributed by atoms with Crippen molar-refractivity contribution < 1.29 is 14.3 Å². The number of carbonyl (C=O) groups is 2. The topological polar surface area (TPSA) is 55.4 Å². The average molecular weight is 295 g/mol. The van der Waals surface area contributed by atoms with Crippen molar-refractivity contribution in [2.24, 2.45) is 0 Å². The Morgan fingerprint density at radius 2 is 1.86 bits per heavy atom. The molecule has 2 rings (SSSR count). The molecule has 4 heteroatoms. The van der Waals surface area contributed by atoms with E-state index < -0.39 is 5.97 Å². The van der Waals surface area contributed by atoms with Crippen LogP contribution in [0, 0.1) is 6.92 Å². The van der Waals surface area contributed by atoms with Gasteiger partial charge in [0.15, 0.2) is 0 Å². The first kappa shape index (κ1) is 15.5. The first-order valence-electron chi connectivity index (χ1n) is 6.83. The molecule has 22 heavy (non-hydrogen) atoms. The molecule has 0 radical (unpaired) electrons. The molecular formula is C18H17NO3. The summed E-state index contributed by atoms with van der Waals surface area (Å²) in [5.41, 5.74) is 2.81. The molecule has 0 saturated heterocycles. The van der Waals surface area contributed by atoms with E-state index in [0.29, 0.717) is 11.3 Å². The number of para-hydroxylation sites is 1. The van der Waals surface area contributed by atoms with Gasteiger partial charge in [-0.3, -0.25) is 4.79 Å². The Hall–Kier alpha value is -2.88. The zero-order valence-corrected chi connectivity index (χ0v) is 12.5. The Morgan fingerprint density at radius 3 is 2.59 bits per heavy atom. The molecule has 0 aromatic heterocycles. The maximum Gasteiger partial charge on any atom is 0.339 e. The fourth-order valence-electron chi connectivity index (χ4n) is 2.00. The fraction of sp³-hybridized carbons (Fsp3) is 0.111. The van der Waals surface area contributed by atoms with Gasteiger partial charge in [-0.15, -0.1) is 0 Å². The van der Waals surface area contributed by atoms with Crippen LogP contribution in [0.15, 0.2) is 54.6 Å². The molecule has 0 aliphatic carbocycles. The summed E-state index contributed by atoms with van der Waals surface area (Å²) in [5.74, 6) is -0.795. The number of hydrogen-bond acceptors (Lipinski definition) is 3. The van der Waals surface area contributed by atoms with Crippen molar-refractivity contribution in [1.82, 2.24) is 0 Å². The highest BCUT2D eigenvalue weighted by molar-refractivity contribution is 6.06. The molecule has 0 aliphatic heterocycles. The summed E-state index contributed by atoms with van der Waals surface area (Å²) in [6.45, 7) is 1.99. The Kier molecular flexibility index (Phi) is 5.09. The molecule has 0 atom stereocenters. The number of methoxy groups -OCH3 is 1. The molecular weight excluding hydrogens is 278 g/mol. The minimum absolute atomic E-state index is 0.308. The molecule has 112 valence electrons. The van der Waals surface area contributed by atoms with Gasteiger partial charge in [-0.1, -0.05) is 42.0 Å². The number of esters is 1. The predicted octanol–water partition coefficient (Wildman–Crippen LogP) is 3.43. The maximum absolute atomic E-state index is 12.0. The van der Waals surface area contributed by atoms with Gasteiger partial charge in [-0.2, -0.15) is 0 Å². The minimum Gasteiger partial charge on any atom is -0.465 e. The summed E-state index contributed by atoms with van der Waals surface area (Å²) in [4.78, 5) is 23.6. The van der Waals surface area contributed by atoms with Crippen molar-refractivity contribution >= 4 is 23.6 Å². The van der Waals surface area contributed by atoms with E-state index in [2.05, 4.69) is 5.32 Å². The van der Waals surface area contributed by atoms with Crippen molar-refractivity contribution in [3.63, 3.8) is 0 Å². The second-order valence-electron chi connectivity index (χ2n) is 4.77. The highest BCUT2D eigenvalue weighted by atomic mass is 16.5. The molecule has 1 amide bonds.